The van der Waals surface area contributed by atoms with Gasteiger partial charge in [0.15, 0.2) is 5.82 Å². The first-order valence-corrected chi connectivity index (χ1v) is 12.2. The normalized spacial score (nSPS) is 11.2. The second kappa shape index (κ2) is 9.55. The van der Waals surface area contributed by atoms with Crippen LogP contribution in [0, 0.1) is 20.8 Å². The van der Waals surface area contributed by atoms with Crippen molar-refractivity contribution in [1.82, 2.24) is 20.0 Å². The molecule has 0 aliphatic rings. The van der Waals surface area contributed by atoms with Crippen molar-refractivity contribution in [3.05, 3.63) is 77.6 Å². The van der Waals surface area contributed by atoms with Crippen molar-refractivity contribution >= 4 is 27.3 Å². The number of carbonyl (C=O) groups is 1. The molecule has 11 heteroatoms. The number of amides is 1. The smallest absolute Gasteiger partial charge is 0.261 e. The van der Waals surface area contributed by atoms with Crippen LogP contribution in [0.2, 0.25) is 0 Å². The average molecular weight is 493 g/mol. The van der Waals surface area contributed by atoms with Crippen LogP contribution >= 0.6 is 0 Å². The predicted molar refractivity (Wildman–Crippen MR) is 131 cm³/mol. The van der Waals surface area contributed by atoms with Crippen molar-refractivity contribution in [2.75, 3.05) is 10.0 Å². The number of ether oxygens (including phenoxy) is 1. The Balaban J connectivity index is 1.41. The number of anilines is 2. The maximum Gasteiger partial charge on any atom is 0.261 e. The number of nitrogens with one attached hydrogen (secondary N) is 2. The minimum absolute atomic E-state index is 0.0695. The molecule has 0 atom stereocenters. The molecular formula is C24H24N6O4S. The van der Waals surface area contributed by atoms with E-state index in [9.17, 15) is 13.2 Å². The minimum atomic E-state index is -3.80. The summed E-state index contributed by atoms with van der Waals surface area (Å²) in [5.41, 5.74) is 3.91. The Morgan fingerprint density at radius 3 is 2.09 bits per heavy atom. The highest BCUT2D eigenvalue weighted by molar-refractivity contribution is 7.92. The first kappa shape index (κ1) is 23.9. The molecular weight excluding hydrogens is 468 g/mol. The summed E-state index contributed by atoms with van der Waals surface area (Å²) in [4.78, 5) is 11.2. The molecule has 0 fully saturated rings. The second-order valence-electron chi connectivity index (χ2n) is 7.87. The molecule has 35 heavy (non-hydrogen) atoms. The SMILES string of the molecule is CC(=O)Nc1ccc(S(=O)(=O)Nc2ccc(Oc3ccc(-n4nc(C)c(C)c4C)nn3)cc2)cc1. The summed E-state index contributed by atoms with van der Waals surface area (Å²) < 4.78 is 35.3. The first-order valence-electron chi connectivity index (χ1n) is 10.7. The van der Waals surface area contributed by atoms with Crippen LogP contribution in [0.3, 0.4) is 0 Å². The van der Waals surface area contributed by atoms with E-state index in [1.54, 1.807) is 41.1 Å². The highest BCUT2D eigenvalue weighted by atomic mass is 32.2. The Kier molecular flexibility index (Phi) is 6.52. The molecule has 0 aliphatic carbocycles. The van der Waals surface area contributed by atoms with Crippen molar-refractivity contribution in [1.29, 1.82) is 0 Å². The van der Waals surface area contributed by atoms with Crippen LogP contribution in [0.15, 0.2) is 65.6 Å². The van der Waals surface area contributed by atoms with Crippen LogP contribution in [0.5, 0.6) is 11.6 Å². The molecule has 0 saturated carbocycles. The molecule has 0 unspecified atom stereocenters. The van der Waals surface area contributed by atoms with Crippen molar-refractivity contribution in [2.45, 2.75) is 32.6 Å². The van der Waals surface area contributed by atoms with Crippen molar-refractivity contribution in [3.63, 3.8) is 0 Å². The highest BCUT2D eigenvalue weighted by Gasteiger charge is 2.15. The molecule has 2 N–H and O–H groups in total. The summed E-state index contributed by atoms with van der Waals surface area (Å²) in [5.74, 6) is 1.11. The number of benzene rings is 2. The molecule has 0 radical (unpaired) electrons. The van der Waals surface area contributed by atoms with Gasteiger partial charge in [-0.15, -0.1) is 10.2 Å². The molecule has 2 aromatic heterocycles. The second-order valence-corrected chi connectivity index (χ2v) is 9.56. The fourth-order valence-corrected chi connectivity index (χ4v) is 4.33. The van der Waals surface area contributed by atoms with E-state index >= 15 is 0 Å². The van der Waals surface area contributed by atoms with E-state index in [2.05, 4.69) is 25.3 Å². The van der Waals surface area contributed by atoms with Crippen molar-refractivity contribution in [2.24, 2.45) is 0 Å². The molecule has 4 aromatic rings. The zero-order valence-electron chi connectivity index (χ0n) is 19.6. The van der Waals surface area contributed by atoms with Gasteiger partial charge in [0.1, 0.15) is 5.75 Å². The number of aromatic nitrogens is 4. The number of nitrogens with zero attached hydrogens (tertiary/aromatic N) is 4. The van der Waals surface area contributed by atoms with Crippen LogP contribution in [0.25, 0.3) is 5.82 Å². The number of aryl methyl sites for hydroxylation is 1. The topological polar surface area (TPSA) is 128 Å². The Morgan fingerprint density at radius 1 is 0.886 bits per heavy atom. The summed E-state index contributed by atoms with van der Waals surface area (Å²) in [7, 11) is -3.80. The van der Waals surface area contributed by atoms with Gasteiger partial charge in [0.25, 0.3) is 10.0 Å². The van der Waals surface area contributed by atoms with E-state index < -0.39 is 10.0 Å². The minimum Gasteiger partial charge on any atom is -0.438 e. The fraction of sp³-hybridized carbons (Fsp3) is 0.167. The van der Waals surface area contributed by atoms with Crippen LogP contribution < -0.4 is 14.8 Å². The quantitative estimate of drug-likeness (QED) is 0.397. The molecule has 4 rings (SSSR count). The summed E-state index contributed by atoms with van der Waals surface area (Å²) in [6.07, 6.45) is 0. The number of carbonyl (C=O) groups excluding carboxylic acids is 1. The molecule has 0 spiro atoms. The van der Waals surface area contributed by atoms with Gasteiger partial charge in [-0.05, 0) is 80.9 Å². The number of hydrogen-bond acceptors (Lipinski definition) is 7. The van der Waals surface area contributed by atoms with Gasteiger partial charge in [-0.3, -0.25) is 9.52 Å². The number of hydrogen-bond donors (Lipinski definition) is 2. The Bertz CT molecular complexity index is 1460. The molecule has 2 aromatic carbocycles. The van der Waals surface area contributed by atoms with E-state index in [-0.39, 0.29) is 10.8 Å². The summed E-state index contributed by atoms with van der Waals surface area (Å²) in [5, 5.41) is 15.4. The van der Waals surface area contributed by atoms with Gasteiger partial charge in [0.2, 0.25) is 11.8 Å². The lowest BCUT2D eigenvalue weighted by Crippen LogP contribution is -2.13. The average Bonchev–Trinajstić information content (AvgIpc) is 3.08. The van der Waals surface area contributed by atoms with Gasteiger partial charge in [-0.25, -0.2) is 13.1 Å². The van der Waals surface area contributed by atoms with Gasteiger partial charge in [-0.1, -0.05) is 0 Å². The first-order chi connectivity index (χ1) is 16.6. The standard InChI is InChI=1S/C24H24N6O4S/c1-15-16(2)28-30(17(15)3)23-13-14-24(27-26-23)34-21-9-5-20(6-10-21)29-35(32,33)22-11-7-19(8-12-22)25-18(4)31/h5-14,29H,1-4H3,(H,25,31). The molecule has 0 bridgehead atoms. The highest BCUT2D eigenvalue weighted by Crippen LogP contribution is 2.24. The van der Waals surface area contributed by atoms with Gasteiger partial charge in [0, 0.05) is 30.1 Å². The molecule has 2 heterocycles. The Morgan fingerprint density at radius 2 is 1.54 bits per heavy atom. The van der Waals surface area contributed by atoms with E-state index in [1.807, 2.05) is 20.8 Å². The zero-order valence-corrected chi connectivity index (χ0v) is 20.4. The summed E-state index contributed by atoms with van der Waals surface area (Å²) in [6.45, 7) is 7.30. The van der Waals surface area contributed by atoms with Crippen LogP contribution in [-0.2, 0) is 14.8 Å². The van der Waals surface area contributed by atoms with Crippen LogP contribution in [0.1, 0.15) is 23.9 Å². The van der Waals surface area contributed by atoms with E-state index in [1.165, 1.54) is 31.2 Å². The third-order valence-electron chi connectivity index (χ3n) is 5.31. The number of rotatable bonds is 7. The molecule has 0 aliphatic heterocycles. The number of sulfonamides is 1. The predicted octanol–water partition coefficient (Wildman–Crippen LogP) is 4.14. The van der Waals surface area contributed by atoms with Gasteiger partial charge in [0.05, 0.1) is 10.6 Å². The lowest BCUT2D eigenvalue weighted by atomic mass is 10.2. The maximum absolute atomic E-state index is 12.7. The van der Waals surface area contributed by atoms with Gasteiger partial charge in [-0.2, -0.15) is 5.10 Å². The van der Waals surface area contributed by atoms with Crippen LogP contribution in [0.4, 0.5) is 11.4 Å². The van der Waals surface area contributed by atoms with E-state index in [4.69, 9.17) is 4.74 Å². The van der Waals surface area contributed by atoms with Crippen molar-refractivity contribution in [3.8, 4) is 17.4 Å². The molecule has 1 amide bonds. The van der Waals surface area contributed by atoms with E-state index in [0.29, 0.717) is 28.8 Å². The third-order valence-corrected chi connectivity index (χ3v) is 6.71. The van der Waals surface area contributed by atoms with Gasteiger partial charge < -0.3 is 10.1 Å². The van der Waals surface area contributed by atoms with Crippen LogP contribution in [-0.4, -0.2) is 34.3 Å². The lowest BCUT2D eigenvalue weighted by molar-refractivity contribution is -0.114. The summed E-state index contributed by atoms with van der Waals surface area (Å²) in [6, 6.07) is 15.7. The molecule has 10 nitrogen and oxygen atoms in total. The van der Waals surface area contributed by atoms with Gasteiger partial charge >= 0.3 is 0 Å². The third kappa shape index (κ3) is 5.46. The van der Waals surface area contributed by atoms with E-state index in [0.717, 1.165) is 17.0 Å². The lowest BCUT2D eigenvalue weighted by Gasteiger charge is -2.10. The largest absolute Gasteiger partial charge is 0.438 e. The zero-order chi connectivity index (χ0) is 25.2. The Hall–Kier alpha value is -4.25. The summed E-state index contributed by atoms with van der Waals surface area (Å²) >= 11 is 0. The molecule has 0 saturated heterocycles. The monoisotopic (exact) mass is 492 g/mol. The Labute approximate surface area is 203 Å². The molecule has 180 valence electrons. The fourth-order valence-electron chi connectivity index (χ4n) is 3.27. The van der Waals surface area contributed by atoms with Crippen molar-refractivity contribution < 1.29 is 17.9 Å². The maximum atomic E-state index is 12.7.